The van der Waals surface area contributed by atoms with Gasteiger partial charge in [0.2, 0.25) is 0 Å². The zero-order chi connectivity index (χ0) is 9.97. The lowest BCUT2D eigenvalue weighted by molar-refractivity contribution is -0.136. The van der Waals surface area contributed by atoms with Crippen LogP contribution in [0, 0.1) is 5.92 Å². The molecule has 1 aliphatic heterocycles. The summed E-state index contributed by atoms with van der Waals surface area (Å²) in [6.45, 7) is 0.854. The number of hydrogen-bond acceptors (Lipinski definition) is 3. The van der Waals surface area contributed by atoms with Crippen LogP contribution >= 0.6 is 11.8 Å². The SMILES string of the molecule is O=C(O)C(SCC1CCCO1)C1CC1. The largest absolute Gasteiger partial charge is 0.480 e. The second-order valence-electron chi connectivity index (χ2n) is 4.06. The molecule has 1 N–H and O–H groups in total. The predicted octanol–water partition coefficient (Wildman–Crippen LogP) is 1.76. The summed E-state index contributed by atoms with van der Waals surface area (Å²) in [5, 5.41) is 8.81. The Bertz CT molecular complexity index is 209. The number of ether oxygens (including phenoxy) is 1. The van der Waals surface area contributed by atoms with E-state index in [0.29, 0.717) is 12.0 Å². The maximum absolute atomic E-state index is 10.9. The highest BCUT2D eigenvalue weighted by atomic mass is 32.2. The van der Waals surface area contributed by atoms with Crippen molar-refractivity contribution in [2.75, 3.05) is 12.4 Å². The van der Waals surface area contributed by atoms with Crippen molar-refractivity contribution >= 4 is 17.7 Å². The normalized spacial score (nSPS) is 29.0. The van der Waals surface area contributed by atoms with Crippen LogP contribution in [0.4, 0.5) is 0 Å². The first kappa shape index (κ1) is 10.3. The van der Waals surface area contributed by atoms with E-state index < -0.39 is 5.97 Å². The maximum Gasteiger partial charge on any atom is 0.316 e. The number of thioether (sulfide) groups is 1. The highest BCUT2D eigenvalue weighted by Crippen LogP contribution is 2.39. The second kappa shape index (κ2) is 4.53. The molecule has 0 aromatic heterocycles. The fourth-order valence-electron chi connectivity index (χ4n) is 1.79. The molecule has 1 aliphatic carbocycles. The first-order valence-electron chi connectivity index (χ1n) is 5.23. The average molecular weight is 216 g/mol. The van der Waals surface area contributed by atoms with Crippen molar-refractivity contribution in [3.8, 4) is 0 Å². The van der Waals surface area contributed by atoms with Gasteiger partial charge in [-0.3, -0.25) is 4.79 Å². The standard InChI is InChI=1S/C10H16O3S/c11-10(12)9(7-3-4-7)14-6-8-2-1-5-13-8/h7-9H,1-6H2,(H,11,12). The molecule has 1 heterocycles. The highest BCUT2D eigenvalue weighted by Gasteiger charge is 2.37. The van der Waals surface area contributed by atoms with Gasteiger partial charge < -0.3 is 9.84 Å². The molecule has 2 rings (SSSR count). The highest BCUT2D eigenvalue weighted by molar-refractivity contribution is 8.00. The lowest BCUT2D eigenvalue weighted by atomic mass is 10.3. The summed E-state index contributed by atoms with van der Waals surface area (Å²) in [6, 6.07) is 0. The molecule has 0 aromatic carbocycles. The van der Waals surface area contributed by atoms with Crippen LogP contribution in [0.2, 0.25) is 0 Å². The van der Waals surface area contributed by atoms with Crippen molar-refractivity contribution in [3.05, 3.63) is 0 Å². The van der Waals surface area contributed by atoms with Gasteiger partial charge in [-0.05, 0) is 31.6 Å². The molecule has 4 heteroatoms. The molecule has 2 fully saturated rings. The van der Waals surface area contributed by atoms with Crippen LogP contribution in [-0.4, -0.2) is 34.8 Å². The van der Waals surface area contributed by atoms with Crippen LogP contribution in [-0.2, 0) is 9.53 Å². The summed E-state index contributed by atoms with van der Waals surface area (Å²) >= 11 is 1.57. The van der Waals surface area contributed by atoms with Gasteiger partial charge in [0.1, 0.15) is 5.25 Å². The van der Waals surface area contributed by atoms with Crippen molar-refractivity contribution in [1.82, 2.24) is 0 Å². The van der Waals surface area contributed by atoms with Crippen LogP contribution in [0.5, 0.6) is 0 Å². The Morgan fingerprint density at radius 3 is 2.79 bits per heavy atom. The number of rotatable bonds is 5. The Morgan fingerprint density at radius 1 is 1.50 bits per heavy atom. The van der Waals surface area contributed by atoms with Gasteiger partial charge >= 0.3 is 5.97 Å². The quantitative estimate of drug-likeness (QED) is 0.760. The van der Waals surface area contributed by atoms with Crippen molar-refractivity contribution in [2.24, 2.45) is 5.92 Å². The van der Waals surface area contributed by atoms with Crippen LogP contribution < -0.4 is 0 Å². The van der Waals surface area contributed by atoms with Crippen molar-refractivity contribution in [2.45, 2.75) is 37.0 Å². The summed E-state index contributed by atoms with van der Waals surface area (Å²) in [4.78, 5) is 10.9. The fraction of sp³-hybridized carbons (Fsp3) is 0.900. The molecule has 0 aromatic rings. The summed E-state index contributed by atoms with van der Waals surface area (Å²) < 4.78 is 5.47. The molecule has 14 heavy (non-hydrogen) atoms. The van der Waals surface area contributed by atoms with Gasteiger partial charge in [-0.25, -0.2) is 0 Å². The van der Waals surface area contributed by atoms with E-state index in [4.69, 9.17) is 9.84 Å². The molecule has 2 aliphatic rings. The first-order valence-corrected chi connectivity index (χ1v) is 6.28. The predicted molar refractivity (Wildman–Crippen MR) is 55.6 cm³/mol. The molecule has 1 saturated heterocycles. The second-order valence-corrected chi connectivity index (χ2v) is 5.24. The number of carboxylic acid groups (broad SMARTS) is 1. The lowest BCUT2D eigenvalue weighted by Crippen LogP contribution is -2.21. The summed E-state index contributed by atoms with van der Waals surface area (Å²) in [6.07, 6.45) is 4.72. The Morgan fingerprint density at radius 2 is 2.29 bits per heavy atom. The van der Waals surface area contributed by atoms with E-state index in [0.717, 1.165) is 38.0 Å². The molecular weight excluding hydrogens is 200 g/mol. The molecule has 3 nitrogen and oxygen atoms in total. The van der Waals surface area contributed by atoms with Crippen LogP contribution in [0.25, 0.3) is 0 Å². The van der Waals surface area contributed by atoms with Gasteiger partial charge in [-0.15, -0.1) is 11.8 Å². The number of carbonyl (C=O) groups is 1. The number of carboxylic acids is 1. The average Bonchev–Trinajstić information content (AvgIpc) is 2.82. The maximum atomic E-state index is 10.9. The summed E-state index contributed by atoms with van der Waals surface area (Å²) in [7, 11) is 0. The molecule has 0 radical (unpaired) electrons. The van der Waals surface area contributed by atoms with Crippen LogP contribution in [0.15, 0.2) is 0 Å². The first-order chi connectivity index (χ1) is 6.77. The van der Waals surface area contributed by atoms with E-state index in [9.17, 15) is 4.79 Å². The Balaban J connectivity index is 1.73. The number of aliphatic carboxylic acids is 1. The van der Waals surface area contributed by atoms with Gasteiger partial charge in [0.25, 0.3) is 0 Å². The minimum absolute atomic E-state index is 0.181. The Kier molecular flexibility index (Phi) is 3.34. The zero-order valence-corrected chi connectivity index (χ0v) is 8.96. The molecule has 80 valence electrons. The van der Waals surface area contributed by atoms with Gasteiger partial charge in [-0.2, -0.15) is 0 Å². The lowest BCUT2D eigenvalue weighted by Gasteiger charge is -2.13. The number of hydrogen-bond donors (Lipinski definition) is 1. The minimum Gasteiger partial charge on any atom is -0.480 e. The third-order valence-corrected chi connectivity index (χ3v) is 4.29. The van der Waals surface area contributed by atoms with E-state index in [1.165, 1.54) is 0 Å². The molecule has 2 unspecified atom stereocenters. The molecule has 0 amide bonds. The molecule has 1 saturated carbocycles. The summed E-state index contributed by atoms with van der Waals surface area (Å²) in [5.74, 6) is 0.641. The van der Waals surface area contributed by atoms with Crippen molar-refractivity contribution < 1.29 is 14.6 Å². The van der Waals surface area contributed by atoms with Crippen LogP contribution in [0.1, 0.15) is 25.7 Å². The Hall–Kier alpha value is -0.220. The van der Waals surface area contributed by atoms with Crippen molar-refractivity contribution in [3.63, 3.8) is 0 Å². The van der Waals surface area contributed by atoms with E-state index in [-0.39, 0.29) is 5.25 Å². The summed E-state index contributed by atoms with van der Waals surface area (Å²) in [5.41, 5.74) is 0. The zero-order valence-electron chi connectivity index (χ0n) is 8.15. The Labute approximate surface area is 88.2 Å². The third kappa shape index (κ3) is 2.64. The molecule has 2 atom stereocenters. The van der Waals surface area contributed by atoms with E-state index in [1.807, 2.05) is 0 Å². The van der Waals surface area contributed by atoms with Gasteiger partial charge in [-0.1, -0.05) is 0 Å². The van der Waals surface area contributed by atoms with E-state index in [2.05, 4.69) is 0 Å². The van der Waals surface area contributed by atoms with Crippen LogP contribution in [0.3, 0.4) is 0 Å². The van der Waals surface area contributed by atoms with E-state index in [1.54, 1.807) is 11.8 Å². The smallest absolute Gasteiger partial charge is 0.316 e. The van der Waals surface area contributed by atoms with Gasteiger partial charge in [0.15, 0.2) is 0 Å². The fourth-order valence-corrected chi connectivity index (χ4v) is 3.17. The molecule has 0 bridgehead atoms. The van der Waals surface area contributed by atoms with Gasteiger partial charge in [0, 0.05) is 12.4 Å². The topological polar surface area (TPSA) is 46.5 Å². The monoisotopic (exact) mass is 216 g/mol. The van der Waals surface area contributed by atoms with Gasteiger partial charge in [0.05, 0.1) is 6.10 Å². The molecule has 0 spiro atoms. The minimum atomic E-state index is -0.643. The van der Waals surface area contributed by atoms with E-state index >= 15 is 0 Å². The van der Waals surface area contributed by atoms with Crippen molar-refractivity contribution in [1.29, 1.82) is 0 Å². The third-order valence-electron chi connectivity index (χ3n) is 2.78. The molecular formula is C10H16O3S.